The molecule has 0 radical (unpaired) electrons. The first-order valence-electron chi connectivity index (χ1n) is 5.36. The van der Waals surface area contributed by atoms with Gasteiger partial charge < -0.3 is 0 Å². The molecule has 0 saturated carbocycles. The highest BCUT2D eigenvalue weighted by atomic mass is 32.2. The van der Waals surface area contributed by atoms with Crippen molar-refractivity contribution in [3.05, 3.63) is 45.0 Å². The SMILES string of the molecule is CC(=O)c1ccc(Sc2nc(C)cs2)c([N+](=O)[O-])c1. The van der Waals surface area contributed by atoms with Gasteiger partial charge in [0, 0.05) is 22.7 Å². The molecule has 0 atom stereocenters. The molecule has 0 unspecified atom stereocenters. The summed E-state index contributed by atoms with van der Waals surface area (Å²) in [6.45, 7) is 3.25. The lowest BCUT2D eigenvalue weighted by molar-refractivity contribution is -0.387. The zero-order valence-electron chi connectivity index (χ0n) is 10.2. The molecule has 0 bridgehead atoms. The number of carbonyl (C=O) groups is 1. The predicted octanol–water partition coefficient (Wildman–Crippen LogP) is 3.71. The molecule has 0 saturated heterocycles. The molecule has 98 valence electrons. The van der Waals surface area contributed by atoms with Crippen LogP contribution in [0.5, 0.6) is 0 Å². The maximum Gasteiger partial charge on any atom is 0.284 e. The minimum absolute atomic E-state index is 0.0643. The Balaban J connectivity index is 2.39. The summed E-state index contributed by atoms with van der Waals surface area (Å²) in [5.74, 6) is -0.190. The van der Waals surface area contributed by atoms with Crippen LogP contribution in [-0.4, -0.2) is 15.7 Å². The van der Waals surface area contributed by atoms with E-state index in [0.29, 0.717) is 10.5 Å². The van der Waals surface area contributed by atoms with Crippen LogP contribution in [0.4, 0.5) is 5.69 Å². The van der Waals surface area contributed by atoms with Crippen LogP contribution in [0, 0.1) is 17.0 Å². The number of thiazole rings is 1. The molecule has 0 fully saturated rings. The van der Waals surface area contributed by atoms with E-state index < -0.39 is 4.92 Å². The molecular formula is C12H10N2O3S2. The number of benzene rings is 1. The highest BCUT2D eigenvalue weighted by molar-refractivity contribution is 8.01. The van der Waals surface area contributed by atoms with Crippen LogP contribution in [0.25, 0.3) is 0 Å². The van der Waals surface area contributed by atoms with Gasteiger partial charge in [0.1, 0.15) is 0 Å². The number of nitrogens with zero attached hydrogens (tertiary/aromatic N) is 2. The predicted molar refractivity (Wildman–Crippen MR) is 74.1 cm³/mol. The van der Waals surface area contributed by atoms with E-state index in [1.165, 1.54) is 36.1 Å². The number of nitro groups is 1. The molecule has 5 nitrogen and oxygen atoms in total. The van der Waals surface area contributed by atoms with Gasteiger partial charge in [0.15, 0.2) is 10.1 Å². The van der Waals surface area contributed by atoms with Crippen molar-refractivity contribution < 1.29 is 9.72 Å². The Kier molecular flexibility index (Phi) is 3.96. The maximum atomic E-state index is 11.3. The van der Waals surface area contributed by atoms with Crippen molar-refractivity contribution in [3.8, 4) is 0 Å². The normalized spacial score (nSPS) is 10.4. The Bertz CT molecular complexity index is 652. The maximum absolute atomic E-state index is 11.3. The van der Waals surface area contributed by atoms with Gasteiger partial charge in [-0.05, 0) is 26.0 Å². The molecule has 1 heterocycles. The fraction of sp³-hybridized carbons (Fsp3) is 0.167. The fourth-order valence-corrected chi connectivity index (χ4v) is 3.32. The monoisotopic (exact) mass is 294 g/mol. The van der Waals surface area contributed by atoms with Crippen LogP contribution >= 0.6 is 23.1 Å². The lowest BCUT2D eigenvalue weighted by atomic mass is 10.1. The molecule has 0 aliphatic carbocycles. The number of aromatic nitrogens is 1. The summed E-state index contributed by atoms with van der Waals surface area (Å²) in [5.41, 5.74) is 1.16. The van der Waals surface area contributed by atoms with Gasteiger partial charge in [-0.3, -0.25) is 14.9 Å². The van der Waals surface area contributed by atoms with Gasteiger partial charge in [-0.2, -0.15) is 0 Å². The quantitative estimate of drug-likeness (QED) is 0.488. The van der Waals surface area contributed by atoms with Crippen molar-refractivity contribution in [2.45, 2.75) is 23.1 Å². The molecule has 7 heteroatoms. The van der Waals surface area contributed by atoms with Gasteiger partial charge in [0.2, 0.25) is 0 Å². The van der Waals surface area contributed by atoms with E-state index >= 15 is 0 Å². The zero-order valence-corrected chi connectivity index (χ0v) is 11.9. The molecule has 0 spiro atoms. The summed E-state index contributed by atoms with van der Waals surface area (Å²) in [5, 5.41) is 12.9. The van der Waals surface area contributed by atoms with E-state index in [2.05, 4.69) is 4.98 Å². The highest BCUT2D eigenvalue weighted by Gasteiger charge is 2.18. The second kappa shape index (κ2) is 5.50. The fourth-order valence-electron chi connectivity index (χ4n) is 1.44. The van der Waals surface area contributed by atoms with E-state index in [9.17, 15) is 14.9 Å². The molecule has 2 aromatic rings. The first-order valence-corrected chi connectivity index (χ1v) is 7.06. The lowest BCUT2D eigenvalue weighted by Gasteiger charge is -2.02. The first kappa shape index (κ1) is 13.7. The summed E-state index contributed by atoms with van der Waals surface area (Å²) in [6.07, 6.45) is 0. The Morgan fingerprint density at radius 3 is 2.74 bits per heavy atom. The summed E-state index contributed by atoms with van der Waals surface area (Å²) in [7, 11) is 0. The third-order valence-electron chi connectivity index (χ3n) is 2.36. The average molecular weight is 294 g/mol. The number of hydrogen-bond acceptors (Lipinski definition) is 6. The van der Waals surface area contributed by atoms with Crippen molar-refractivity contribution in [1.82, 2.24) is 4.98 Å². The number of rotatable bonds is 4. The standard InChI is InChI=1S/C12H10N2O3S2/c1-7-6-18-12(13-7)19-11-4-3-9(8(2)15)5-10(11)14(16)17/h3-6H,1-2H3. The summed E-state index contributed by atoms with van der Waals surface area (Å²) in [4.78, 5) is 26.6. The van der Waals surface area contributed by atoms with Gasteiger partial charge in [-0.1, -0.05) is 11.8 Å². The summed E-state index contributed by atoms with van der Waals surface area (Å²) in [6, 6.07) is 4.50. The second-order valence-corrected chi connectivity index (χ2v) is 6.00. The van der Waals surface area contributed by atoms with E-state index in [1.807, 2.05) is 12.3 Å². The minimum Gasteiger partial charge on any atom is -0.295 e. The average Bonchev–Trinajstić information content (AvgIpc) is 2.74. The van der Waals surface area contributed by atoms with Crippen LogP contribution in [0.1, 0.15) is 23.0 Å². The molecule has 0 aliphatic heterocycles. The number of aryl methyl sites for hydroxylation is 1. The van der Waals surface area contributed by atoms with Crippen molar-refractivity contribution in [2.24, 2.45) is 0 Å². The number of carbonyl (C=O) groups excluding carboxylic acids is 1. The Hall–Kier alpha value is -1.73. The van der Waals surface area contributed by atoms with Crippen LogP contribution in [0.3, 0.4) is 0 Å². The summed E-state index contributed by atoms with van der Waals surface area (Å²) >= 11 is 2.68. The van der Waals surface area contributed by atoms with Gasteiger partial charge in [-0.15, -0.1) is 11.3 Å². The van der Waals surface area contributed by atoms with Gasteiger partial charge >= 0.3 is 0 Å². The largest absolute Gasteiger partial charge is 0.295 e. The molecular weight excluding hydrogens is 284 g/mol. The molecule has 19 heavy (non-hydrogen) atoms. The van der Waals surface area contributed by atoms with E-state index in [4.69, 9.17) is 0 Å². The van der Waals surface area contributed by atoms with E-state index in [0.717, 1.165) is 10.0 Å². The Morgan fingerprint density at radius 1 is 1.47 bits per heavy atom. The van der Waals surface area contributed by atoms with E-state index in [1.54, 1.807) is 12.1 Å². The van der Waals surface area contributed by atoms with Crippen molar-refractivity contribution in [3.63, 3.8) is 0 Å². The Morgan fingerprint density at radius 2 is 2.21 bits per heavy atom. The first-order chi connectivity index (χ1) is 8.97. The molecule has 0 N–H and O–H groups in total. The number of hydrogen-bond donors (Lipinski definition) is 0. The molecule has 0 amide bonds. The van der Waals surface area contributed by atoms with Crippen LogP contribution in [-0.2, 0) is 0 Å². The van der Waals surface area contributed by atoms with Gasteiger partial charge in [-0.25, -0.2) is 4.98 Å². The van der Waals surface area contributed by atoms with E-state index in [-0.39, 0.29) is 11.5 Å². The molecule has 0 aliphatic rings. The van der Waals surface area contributed by atoms with Crippen LogP contribution in [0.2, 0.25) is 0 Å². The van der Waals surface area contributed by atoms with Crippen LogP contribution < -0.4 is 0 Å². The topological polar surface area (TPSA) is 73.1 Å². The lowest BCUT2D eigenvalue weighted by Crippen LogP contribution is -1.96. The zero-order chi connectivity index (χ0) is 14.0. The number of ketones is 1. The van der Waals surface area contributed by atoms with Gasteiger partial charge in [0.25, 0.3) is 5.69 Å². The third-order valence-corrected chi connectivity index (χ3v) is 4.48. The Labute approximate surface area is 117 Å². The van der Waals surface area contributed by atoms with Crippen molar-refractivity contribution >= 4 is 34.6 Å². The minimum atomic E-state index is -0.477. The van der Waals surface area contributed by atoms with Crippen LogP contribution in [0.15, 0.2) is 32.8 Å². The van der Waals surface area contributed by atoms with Gasteiger partial charge in [0.05, 0.1) is 9.82 Å². The molecule has 1 aromatic carbocycles. The molecule has 1 aromatic heterocycles. The number of nitro benzene ring substituents is 1. The highest BCUT2D eigenvalue weighted by Crippen LogP contribution is 2.36. The number of Topliss-reactive ketones (excluding diaryl/α,β-unsaturated/α-hetero) is 1. The smallest absolute Gasteiger partial charge is 0.284 e. The third kappa shape index (κ3) is 3.18. The molecule has 2 rings (SSSR count). The summed E-state index contributed by atoms with van der Waals surface area (Å²) < 4.78 is 0.746. The van der Waals surface area contributed by atoms with Crippen molar-refractivity contribution in [2.75, 3.05) is 0 Å². The second-order valence-electron chi connectivity index (χ2n) is 3.85. The van der Waals surface area contributed by atoms with Crippen molar-refractivity contribution in [1.29, 1.82) is 0 Å².